The number of rotatable bonds is 4. The monoisotopic (exact) mass is 368 g/mol. The first-order chi connectivity index (χ1) is 13.0. The second kappa shape index (κ2) is 7.18. The van der Waals surface area contributed by atoms with Crippen LogP contribution in [0.25, 0.3) is 0 Å². The summed E-state index contributed by atoms with van der Waals surface area (Å²) in [4.78, 5) is 38.7. The zero-order valence-electron chi connectivity index (χ0n) is 15.1. The van der Waals surface area contributed by atoms with Gasteiger partial charge in [0.25, 0.3) is 5.91 Å². The summed E-state index contributed by atoms with van der Waals surface area (Å²) in [5.41, 5.74) is 1.20. The predicted molar refractivity (Wildman–Crippen MR) is 100 cm³/mol. The van der Waals surface area contributed by atoms with Crippen molar-refractivity contribution in [3.05, 3.63) is 42.0 Å². The molecule has 2 fully saturated rings. The summed E-state index contributed by atoms with van der Waals surface area (Å²) in [7, 11) is 0. The van der Waals surface area contributed by atoms with Gasteiger partial charge < -0.3 is 15.3 Å². The number of carboxylic acids is 1. The largest absolute Gasteiger partial charge is 0.481 e. The molecule has 6 nitrogen and oxygen atoms in total. The summed E-state index contributed by atoms with van der Waals surface area (Å²) >= 11 is 0. The molecular formula is C21H24N2O4. The molecule has 0 spiro atoms. The van der Waals surface area contributed by atoms with Crippen LogP contribution in [-0.4, -0.2) is 40.9 Å². The fourth-order valence-electron chi connectivity index (χ4n) is 4.72. The number of anilines is 1. The van der Waals surface area contributed by atoms with Crippen molar-refractivity contribution in [3.8, 4) is 0 Å². The molecule has 0 radical (unpaired) electrons. The number of piperidine rings is 1. The molecule has 6 heteroatoms. The molecular weight excluding hydrogens is 344 g/mol. The highest BCUT2D eigenvalue weighted by Gasteiger charge is 2.51. The van der Waals surface area contributed by atoms with Crippen LogP contribution in [0.1, 0.15) is 36.0 Å². The van der Waals surface area contributed by atoms with Gasteiger partial charge in [-0.05, 0) is 61.8 Å². The topological polar surface area (TPSA) is 86.7 Å². The van der Waals surface area contributed by atoms with E-state index in [1.807, 2.05) is 17.1 Å². The van der Waals surface area contributed by atoms with E-state index in [0.29, 0.717) is 11.3 Å². The van der Waals surface area contributed by atoms with Crippen LogP contribution >= 0.6 is 0 Å². The minimum atomic E-state index is -0.908. The van der Waals surface area contributed by atoms with Crippen molar-refractivity contribution in [2.75, 3.05) is 18.4 Å². The van der Waals surface area contributed by atoms with Crippen molar-refractivity contribution in [1.82, 2.24) is 4.90 Å². The number of allylic oxidation sites excluding steroid dienone is 2. The number of aliphatic carboxylic acids is 1. The molecule has 1 aliphatic heterocycles. The summed E-state index contributed by atoms with van der Waals surface area (Å²) in [6.07, 6.45) is 7.89. The molecule has 1 aromatic carbocycles. The SMILES string of the molecule is O=C(O)[C@H]1[C@H](C(=O)Nc2ccc(C(=O)N3CCCCC3)cc2)[C@H]2C=C[C@H]1C2. The van der Waals surface area contributed by atoms with Crippen LogP contribution in [0.3, 0.4) is 0 Å². The van der Waals surface area contributed by atoms with Gasteiger partial charge in [0.1, 0.15) is 0 Å². The van der Waals surface area contributed by atoms with Gasteiger partial charge in [0.05, 0.1) is 11.8 Å². The Hall–Kier alpha value is -2.63. The van der Waals surface area contributed by atoms with E-state index in [9.17, 15) is 19.5 Å². The third-order valence-electron chi connectivity index (χ3n) is 6.09. The van der Waals surface area contributed by atoms with Gasteiger partial charge in [-0.25, -0.2) is 0 Å². The lowest BCUT2D eigenvalue weighted by atomic mass is 9.82. The van der Waals surface area contributed by atoms with E-state index in [4.69, 9.17) is 0 Å². The Kier molecular flexibility index (Phi) is 4.72. The molecule has 2 bridgehead atoms. The fourth-order valence-corrected chi connectivity index (χ4v) is 4.72. The van der Waals surface area contributed by atoms with Gasteiger partial charge in [0.15, 0.2) is 0 Å². The number of carboxylic acid groups (broad SMARTS) is 1. The lowest BCUT2D eigenvalue weighted by Gasteiger charge is -2.27. The third-order valence-corrected chi connectivity index (χ3v) is 6.09. The molecule has 3 aliphatic rings. The van der Waals surface area contributed by atoms with Crippen LogP contribution in [0, 0.1) is 23.7 Å². The molecule has 142 valence electrons. The van der Waals surface area contributed by atoms with Crippen molar-refractivity contribution in [2.45, 2.75) is 25.7 Å². The second-order valence-electron chi connectivity index (χ2n) is 7.76. The molecule has 4 atom stereocenters. The van der Waals surface area contributed by atoms with Crippen molar-refractivity contribution >= 4 is 23.5 Å². The molecule has 27 heavy (non-hydrogen) atoms. The summed E-state index contributed by atoms with van der Waals surface area (Å²) in [5.74, 6) is -2.38. The Labute approximate surface area is 158 Å². The molecule has 1 heterocycles. The van der Waals surface area contributed by atoms with Gasteiger partial charge in [-0.15, -0.1) is 0 Å². The molecule has 2 N–H and O–H groups in total. The number of hydrogen-bond acceptors (Lipinski definition) is 3. The molecule has 0 unspecified atom stereocenters. The number of benzene rings is 1. The van der Waals surface area contributed by atoms with E-state index in [1.165, 1.54) is 6.42 Å². The van der Waals surface area contributed by atoms with Crippen LogP contribution in [0.5, 0.6) is 0 Å². The van der Waals surface area contributed by atoms with Crippen molar-refractivity contribution in [2.24, 2.45) is 23.7 Å². The minimum Gasteiger partial charge on any atom is -0.481 e. The molecule has 2 aliphatic carbocycles. The number of nitrogens with zero attached hydrogens (tertiary/aromatic N) is 1. The summed E-state index contributed by atoms with van der Waals surface area (Å²) in [6, 6.07) is 6.88. The highest BCUT2D eigenvalue weighted by molar-refractivity contribution is 5.98. The number of nitrogens with one attached hydrogen (secondary N) is 1. The molecule has 1 saturated heterocycles. The van der Waals surface area contributed by atoms with Crippen molar-refractivity contribution < 1.29 is 19.5 Å². The highest BCUT2D eigenvalue weighted by Crippen LogP contribution is 2.48. The van der Waals surface area contributed by atoms with E-state index >= 15 is 0 Å². The number of likely N-dealkylation sites (tertiary alicyclic amines) is 1. The maximum absolute atomic E-state index is 12.7. The van der Waals surface area contributed by atoms with Crippen LogP contribution in [0.2, 0.25) is 0 Å². The average Bonchev–Trinajstić information content (AvgIpc) is 3.30. The molecule has 0 aromatic heterocycles. The number of hydrogen-bond donors (Lipinski definition) is 2. The quantitative estimate of drug-likeness (QED) is 0.800. The number of fused-ring (bicyclic) bond motifs is 2. The maximum atomic E-state index is 12.7. The molecule has 2 amide bonds. The van der Waals surface area contributed by atoms with E-state index in [1.54, 1.807) is 24.3 Å². The van der Waals surface area contributed by atoms with E-state index < -0.39 is 17.8 Å². The maximum Gasteiger partial charge on any atom is 0.307 e. The first-order valence-electron chi connectivity index (χ1n) is 9.66. The van der Waals surface area contributed by atoms with E-state index in [2.05, 4.69) is 5.32 Å². The Morgan fingerprint density at radius 2 is 1.56 bits per heavy atom. The molecule has 1 aromatic rings. The highest BCUT2D eigenvalue weighted by atomic mass is 16.4. The van der Waals surface area contributed by atoms with Gasteiger partial charge in [-0.2, -0.15) is 0 Å². The van der Waals surface area contributed by atoms with E-state index in [0.717, 1.165) is 32.4 Å². The summed E-state index contributed by atoms with van der Waals surface area (Å²) < 4.78 is 0. The minimum absolute atomic E-state index is 0.00366. The van der Waals surface area contributed by atoms with Crippen LogP contribution < -0.4 is 5.32 Å². The van der Waals surface area contributed by atoms with Crippen LogP contribution in [0.4, 0.5) is 5.69 Å². The average molecular weight is 368 g/mol. The predicted octanol–water partition coefficient (Wildman–Crippen LogP) is 2.77. The molecule has 4 rings (SSSR count). The lowest BCUT2D eigenvalue weighted by molar-refractivity contribution is -0.146. The Bertz CT molecular complexity index is 780. The van der Waals surface area contributed by atoms with Gasteiger partial charge in [-0.1, -0.05) is 12.2 Å². The normalized spacial score (nSPS) is 29.0. The lowest BCUT2D eigenvalue weighted by Crippen LogP contribution is -2.36. The van der Waals surface area contributed by atoms with E-state index in [-0.39, 0.29) is 23.7 Å². The second-order valence-corrected chi connectivity index (χ2v) is 7.76. The Balaban J connectivity index is 1.42. The van der Waals surface area contributed by atoms with Crippen LogP contribution in [-0.2, 0) is 9.59 Å². The Morgan fingerprint density at radius 3 is 2.19 bits per heavy atom. The number of amides is 2. The standard InChI is InChI=1S/C21H24N2O4/c24-19(17-14-4-5-15(12-14)18(17)21(26)27)22-16-8-6-13(7-9-16)20(25)23-10-2-1-3-11-23/h4-9,14-15,17-18H,1-3,10-12H2,(H,22,24)(H,26,27)/t14-,15-,17+,18+/m0/s1. The summed E-state index contributed by atoms with van der Waals surface area (Å²) in [6.45, 7) is 1.59. The summed E-state index contributed by atoms with van der Waals surface area (Å²) in [5, 5.41) is 12.3. The number of carbonyl (C=O) groups excluding carboxylic acids is 2. The first-order valence-corrected chi connectivity index (χ1v) is 9.66. The third kappa shape index (κ3) is 3.36. The van der Waals surface area contributed by atoms with Gasteiger partial charge in [0, 0.05) is 24.3 Å². The van der Waals surface area contributed by atoms with Gasteiger partial charge in [0.2, 0.25) is 5.91 Å². The fraction of sp³-hybridized carbons (Fsp3) is 0.476. The van der Waals surface area contributed by atoms with Crippen LogP contribution in [0.15, 0.2) is 36.4 Å². The first kappa shape index (κ1) is 17.8. The molecule has 1 saturated carbocycles. The number of carbonyl (C=O) groups is 3. The van der Waals surface area contributed by atoms with Gasteiger partial charge in [-0.3, -0.25) is 14.4 Å². The Morgan fingerprint density at radius 1 is 0.926 bits per heavy atom. The van der Waals surface area contributed by atoms with Crippen molar-refractivity contribution in [3.63, 3.8) is 0 Å². The van der Waals surface area contributed by atoms with Crippen molar-refractivity contribution in [1.29, 1.82) is 0 Å². The van der Waals surface area contributed by atoms with Gasteiger partial charge >= 0.3 is 5.97 Å². The zero-order chi connectivity index (χ0) is 19.0. The zero-order valence-corrected chi connectivity index (χ0v) is 15.1. The smallest absolute Gasteiger partial charge is 0.307 e.